The average Bonchev–Trinajstić information content (AvgIpc) is 3.00. The summed E-state index contributed by atoms with van der Waals surface area (Å²) in [7, 11) is 0. The Kier molecular flexibility index (Phi) is 4.50. The number of carbonyl (C=O) groups excluding carboxylic acids is 1. The van der Waals surface area contributed by atoms with E-state index in [9.17, 15) is 4.79 Å². The van der Waals surface area contributed by atoms with E-state index in [2.05, 4.69) is 20.6 Å². The molecule has 3 N–H and O–H groups in total. The molecule has 118 valence electrons. The number of aliphatic hydroxyl groups is 1. The molecule has 7 heteroatoms. The van der Waals surface area contributed by atoms with E-state index in [4.69, 9.17) is 5.11 Å². The Morgan fingerprint density at radius 3 is 2.78 bits per heavy atom. The molecule has 0 aliphatic heterocycles. The molecule has 0 spiro atoms. The molecule has 0 fully saturated rings. The highest BCUT2D eigenvalue weighted by Gasteiger charge is 2.13. The van der Waals surface area contributed by atoms with E-state index in [1.54, 1.807) is 6.07 Å². The van der Waals surface area contributed by atoms with Gasteiger partial charge in [0.15, 0.2) is 0 Å². The third-order valence-electron chi connectivity index (χ3n) is 3.26. The number of fused-ring (bicyclic) bond motifs is 1. The van der Waals surface area contributed by atoms with Crippen LogP contribution in [0.3, 0.4) is 0 Å². The van der Waals surface area contributed by atoms with Gasteiger partial charge in [-0.3, -0.25) is 4.79 Å². The maximum Gasteiger partial charge on any atom is 0.261 e. The van der Waals surface area contributed by atoms with Crippen molar-refractivity contribution in [1.82, 2.24) is 15.3 Å². The van der Waals surface area contributed by atoms with E-state index in [0.717, 1.165) is 15.9 Å². The number of nitrogens with zero attached hydrogens (tertiary/aromatic N) is 2. The van der Waals surface area contributed by atoms with Crippen molar-refractivity contribution in [2.24, 2.45) is 0 Å². The lowest BCUT2D eigenvalue weighted by Gasteiger charge is -2.06. The number of carbonyl (C=O) groups is 1. The van der Waals surface area contributed by atoms with Crippen molar-refractivity contribution in [3.8, 4) is 0 Å². The molecule has 0 aliphatic carbocycles. The number of benzene rings is 1. The number of rotatable bonds is 5. The van der Waals surface area contributed by atoms with Gasteiger partial charge in [-0.05, 0) is 25.1 Å². The number of thiophene rings is 1. The van der Waals surface area contributed by atoms with Gasteiger partial charge in [-0.1, -0.05) is 17.7 Å². The molecule has 23 heavy (non-hydrogen) atoms. The van der Waals surface area contributed by atoms with Gasteiger partial charge in [-0.15, -0.1) is 11.3 Å². The minimum absolute atomic E-state index is 0.0866. The lowest BCUT2D eigenvalue weighted by molar-refractivity contribution is 0.0949. The van der Waals surface area contributed by atoms with Crippen LogP contribution in [0, 0.1) is 6.92 Å². The quantitative estimate of drug-likeness (QED) is 0.670. The zero-order valence-electron chi connectivity index (χ0n) is 12.5. The summed E-state index contributed by atoms with van der Waals surface area (Å²) in [6.07, 6.45) is 1.48. The van der Waals surface area contributed by atoms with E-state index in [0.29, 0.717) is 10.7 Å². The number of hydrogen-bond acceptors (Lipinski definition) is 6. The van der Waals surface area contributed by atoms with E-state index in [1.807, 2.05) is 31.2 Å². The Bertz CT molecular complexity index is 830. The Hall–Kier alpha value is -2.51. The third kappa shape index (κ3) is 3.46. The highest BCUT2D eigenvalue weighted by atomic mass is 32.1. The summed E-state index contributed by atoms with van der Waals surface area (Å²) in [5.41, 5.74) is 2.11. The van der Waals surface area contributed by atoms with Crippen molar-refractivity contribution in [3.63, 3.8) is 0 Å². The van der Waals surface area contributed by atoms with Crippen molar-refractivity contribution in [2.75, 3.05) is 18.5 Å². The molecule has 0 saturated carbocycles. The van der Waals surface area contributed by atoms with Crippen LogP contribution in [-0.2, 0) is 0 Å². The smallest absolute Gasteiger partial charge is 0.261 e. The second kappa shape index (κ2) is 6.72. The van der Waals surface area contributed by atoms with Crippen molar-refractivity contribution in [1.29, 1.82) is 0 Å². The number of aryl methyl sites for hydroxylation is 1. The lowest BCUT2D eigenvalue weighted by Crippen LogP contribution is -2.25. The molecule has 1 amide bonds. The van der Waals surface area contributed by atoms with Crippen molar-refractivity contribution >= 4 is 39.0 Å². The van der Waals surface area contributed by atoms with E-state index >= 15 is 0 Å². The van der Waals surface area contributed by atoms with Crippen molar-refractivity contribution in [2.45, 2.75) is 6.92 Å². The number of hydrogen-bond donors (Lipinski definition) is 3. The second-order valence-electron chi connectivity index (χ2n) is 5.02. The van der Waals surface area contributed by atoms with Gasteiger partial charge >= 0.3 is 0 Å². The topological polar surface area (TPSA) is 87.1 Å². The van der Waals surface area contributed by atoms with Crippen molar-refractivity contribution < 1.29 is 9.90 Å². The van der Waals surface area contributed by atoms with Crippen LogP contribution in [-0.4, -0.2) is 34.1 Å². The molecule has 0 unspecified atom stereocenters. The standard InChI is InChI=1S/C16H16N4O2S/c1-10-2-4-11(5-3-10)20-14-12-8-13(15(22)17-6-7-21)23-16(12)19-9-18-14/h2-5,8-9,21H,6-7H2,1H3,(H,17,22)(H,18,19,20). The third-order valence-corrected chi connectivity index (χ3v) is 4.31. The molecular weight excluding hydrogens is 312 g/mol. The zero-order chi connectivity index (χ0) is 16.2. The van der Waals surface area contributed by atoms with Gasteiger partial charge in [0.1, 0.15) is 17.0 Å². The number of aliphatic hydroxyl groups excluding tert-OH is 1. The van der Waals surface area contributed by atoms with Crippen LogP contribution in [0.25, 0.3) is 10.2 Å². The van der Waals surface area contributed by atoms with Gasteiger partial charge in [-0.2, -0.15) is 0 Å². The van der Waals surface area contributed by atoms with E-state index in [-0.39, 0.29) is 19.1 Å². The number of anilines is 2. The molecular formula is C16H16N4O2S. The maximum atomic E-state index is 12.0. The van der Waals surface area contributed by atoms with Gasteiger partial charge in [0.05, 0.1) is 16.9 Å². The van der Waals surface area contributed by atoms with Gasteiger partial charge in [0, 0.05) is 12.2 Å². The first kappa shape index (κ1) is 15.4. The van der Waals surface area contributed by atoms with Crippen LogP contribution >= 0.6 is 11.3 Å². The first-order valence-corrected chi connectivity index (χ1v) is 7.96. The van der Waals surface area contributed by atoms with Gasteiger partial charge in [0.2, 0.25) is 0 Å². The Labute approximate surface area is 137 Å². The molecule has 0 aliphatic rings. The second-order valence-corrected chi connectivity index (χ2v) is 6.05. The molecule has 3 aromatic rings. The normalized spacial score (nSPS) is 10.7. The molecule has 6 nitrogen and oxygen atoms in total. The molecule has 0 radical (unpaired) electrons. The first-order valence-electron chi connectivity index (χ1n) is 7.14. The fourth-order valence-corrected chi connectivity index (χ4v) is 3.01. The summed E-state index contributed by atoms with van der Waals surface area (Å²) in [6, 6.07) is 9.75. The fourth-order valence-electron chi connectivity index (χ4n) is 2.10. The molecule has 2 aromatic heterocycles. The van der Waals surface area contributed by atoms with Gasteiger partial charge < -0.3 is 15.7 Å². The molecule has 1 aromatic carbocycles. The average molecular weight is 328 g/mol. The Balaban J connectivity index is 1.90. The predicted molar refractivity (Wildman–Crippen MR) is 91.3 cm³/mol. The van der Waals surface area contributed by atoms with E-state index < -0.39 is 0 Å². The highest BCUT2D eigenvalue weighted by Crippen LogP contribution is 2.29. The van der Waals surface area contributed by atoms with Gasteiger partial charge in [-0.25, -0.2) is 9.97 Å². The van der Waals surface area contributed by atoms with Crippen LogP contribution < -0.4 is 10.6 Å². The highest BCUT2D eigenvalue weighted by molar-refractivity contribution is 7.20. The number of amides is 1. The summed E-state index contributed by atoms with van der Waals surface area (Å²) in [6.45, 7) is 2.17. The molecule has 3 rings (SSSR count). The summed E-state index contributed by atoms with van der Waals surface area (Å²) in [5, 5.41) is 15.5. The molecule has 2 heterocycles. The number of aromatic nitrogens is 2. The Morgan fingerprint density at radius 2 is 2.04 bits per heavy atom. The number of nitrogens with one attached hydrogen (secondary N) is 2. The Morgan fingerprint density at radius 1 is 1.26 bits per heavy atom. The summed E-state index contributed by atoms with van der Waals surface area (Å²) in [4.78, 5) is 21.8. The monoisotopic (exact) mass is 328 g/mol. The zero-order valence-corrected chi connectivity index (χ0v) is 13.4. The summed E-state index contributed by atoms with van der Waals surface area (Å²) < 4.78 is 0. The molecule has 0 bridgehead atoms. The van der Waals surface area contributed by atoms with Crippen LogP contribution in [0.1, 0.15) is 15.2 Å². The van der Waals surface area contributed by atoms with Gasteiger partial charge in [0.25, 0.3) is 5.91 Å². The predicted octanol–water partition coefficient (Wildman–Crippen LogP) is 2.47. The minimum atomic E-state index is -0.219. The summed E-state index contributed by atoms with van der Waals surface area (Å²) >= 11 is 1.30. The maximum absolute atomic E-state index is 12.0. The van der Waals surface area contributed by atoms with Crippen LogP contribution in [0.5, 0.6) is 0 Å². The molecule has 0 saturated heterocycles. The van der Waals surface area contributed by atoms with Crippen LogP contribution in [0.2, 0.25) is 0 Å². The van der Waals surface area contributed by atoms with E-state index in [1.165, 1.54) is 23.2 Å². The SMILES string of the molecule is Cc1ccc(Nc2ncnc3sc(C(=O)NCCO)cc23)cc1. The van der Waals surface area contributed by atoms with Crippen LogP contribution in [0.15, 0.2) is 36.7 Å². The largest absolute Gasteiger partial charge is 0.395 e. The molecule has 0 atom stereocenters. The minimum Gasteiger partial charge on any atom is -0.395 e. The summed E-state index contributed by atoms with van der Waals surface area (Å²) in [5.74, 6) is 0.444. The van der Waals surface area contributed by atoms with Crippen molar-refractivity contribution in [3.05, 3.63) is 47.1 Å². The first-order chi connectivity index (χ1) is 11.2. The van der Waals surface area contributed by atoms with Crippen LogP contribution in [0.4, 0.5) is 11.5 Å². The fraction of sp³-hybridized carbons (Fsp3) is 0.188. The lowest BCUT2D eigenvalue weighted by atomic mass is 10.2.